The van der Waals surface area contributed by atoms with E-state index >= 15 is 0 Å². The predicted molar refractivity (Wildman–Crippen MR) is 270 cm³/mol. The van der Waals surface area contributed by atoms with Gasteiger partial charge >= 0.3 is 0 Å². The Morgan fingerprint density at radius 1 is 0.274 bits per heavy atom. The minimum absolute atomic E-state index is 1.17. The second-order valence-electron chi connectivity index (χ2n) is 16.9. The SMILES string of the molecule is c1ccc(-n2c3cc4ccccc4cc3c3ccc4c5ccccc5c5cc(-c6ccc7sc8ccc(-c9ccc%10cc%11ccccc%11cc%10c9)cc8c7c6)ccc5c4c32)cc1. The van der Waals surface area contributed by atoms with Crippen molar-refractivity contribution < 1.29 is 0 Å². The molecule has 0 saturated carbocycles. The first-order valence-corrected chi connectivity index (χ1v) is 22.2. The van der Waals surface area contributed by atoms with Crippen molar-refractivity contribution in [2.75, 3.05) is 0 Å². The van der Waals surface area contributed by atoms with Crippen molar-refractivity contribution in [2.45, 2.75) is 0 Å². The van der Waals surface area contributed by atoms with Crippen molar-refractivity contribution in [1.82, 2.24) is 4.57 Å². The third-order valence-corrected chi connectivity index (χ3v) is 14.6. The largest absolute Gasteiger partial charge is 0.309 e. The first kappa shape index (κ1) is 34.0. The van der Waals surface area contributed by atoms with Crippen molar-refractivity contribution in [1.29, 1.82) is 0 Å². The summed E-state index contributed by atoms with van der Waals surface area (Å²) in [4.78, 5) is 0. The standard InChI is InChI=1S/C60H35NS/c1-2-14-46(15-3-1)61-56-35-39-13-7-6-12-38(39)32-53(56)51-25-24-49-47-16-8-9-17-48(47)52-31-42(20-23-50(52)59(49)60(51)61)44-22-27-58-55(34-44)54-33-43(21-26-57(54)62-58)40-18-19-41-28-36-10-4-5-11-37(36)29-45(41)30-40/h1-35H. The van der Waals surface area contributed by atoms with E-state index in [1.807, 2.05) is 11.3 Å². The Morgan fingerprint density at radius 2 is 0.758 bits per heavy atom. The smallest absolute Gasteiger partial charge is 0.0625 e. The lowest BCUT2D eigenvalue weighted by Crippen LogP contribution is -1.95. The number of thiophene rings is 1. The van der Waals surface area contributed by atoms with Crippen LogP contribution in [0.15, 0.2) is 212 Å². The van der Waals surface area contributed by atoms with Crippen molar-refractivity contribution in [3.8, 4) is 27.9 Å². The van der Waals surface area contributed by atoms with Gasteiger partial charge in [0.2, 0.25) is 0 Å². The lowest BCUT2D eigenvalue weighted by molar-refractivity contribution is 1.19. The van der Waals surface area contributed by atoms with Gasteiger partial charge in [-0.25, -0.2) is 0 Å². The van der Waals surface area contributed by atoms with Crippen molar-refractivity contribution in [2.24, 2.45) is 0 Å². The third-order valence-electron chi connectivity index (χ3n) is 13.4. The van der Waals surface area contributed by atoms with Crippen LogP contribution >= 0.6 is 11.3 Å². The molecule has 0 aliphatic rings. The highest BCUT2D eigenvalue weighted by molar-refractivity contribution is 7.25. The molecule has 0 atom stereocenters. The number of hydrogen-bond acceptors (Lipinski definition) is 1. The highest BCUT2D eigenvalue weighted by Gasteiger charge is 2.20. The molecule has 0 fully saturated rings. The van der Waals surface area contributed by atoms with Gasteiger partial charge in [0.05, 0.1) is 11.0 Å². The van der Waals surface area contributed by atoms with Gasteiger partial charge in [-0.15, -0.1) is 11.3 Å². The zero-order valence-corrected chi connectivity index (χ0v) is 34.4. The van der Waals surface area contributed by atoms with Crippen molar-refractivity contribution in [3.05, 3.63) is 212 Å². The van der Waals surface area contributed by atoms with Gasteiger partial charge in [0, 0.05) is 42.0 Å². The van der Waals surface area contributed by atoms with Crippen LogP contribution in [0.5, 0.6) is 0 Å². The molecule has 12 aromatic carbocycles. The van der Waals surface area contributed by atoms with Crippen LogP contribution in [0.2, 0.25) is 0 Å². The fourth-order valence-electron chi connectivity index (χ4n) is 10.5. The minimum Gasteiger partial charge on any atom is -0.309 e. The Morgan fingerprint density at radius 3 is 1.47 bits per heavy atom. The van der Waals surface area contributed by atoms with E-state index in [1.54, 1.807) is 0 Å². The average Bonchev–Trinajstić information content (AvgIpc) is 3.86. The van der Waals surface area contributed by atoms with Gasteiger partial charge in [-0.3, -0.25) is 0 Å². The molecule has 62 heavy (non-hydrogen) atoms. The van der Waals surface area contributed by atoms with Gasteiger partial charge in [-0.2, -0.15) is 0 Å². The van der Waals surface area contributed by atoms with Crippen LogP contribution in [-0.4, -0.2) is 4.57 Å². The minimum atomic E-state index is 1.17. The number of para-hydroxylation sites is 1. The fraction of sp³-hybridized carbons (Fsp3) is 0. The monoisotopic (exact) mass is 801 g/mol. The number of fused-ring (bicyclic) bond motifs is 16. The molecule has 0 unspecified atom stereocenters. The summed E-state index contributed by atoms with van der Waals surface area (Å²) in [6.07, 6.45) is 0. The van der Waals surface area contributed by atoms with Crippen LogP contribution in [-0.2, 0) is 0 Å². The van der Waals surface area contributed by atoms with E-state index in [4.69, 9.17) is 0 Å². The molecule has 0 radical (unpaired) electrons. The Bertz CT molecular complexity index is 4210. The van der Waals surface area contributed by atoms with Gasteiger partial charge < -0.3 is 4.57 Å². The van der Waals surface area contributed by atoms with Gasteiger partial charge in [0.1, 0.15) is 0 Å². The molecule has 0 aliphatic carbocycles. The van der Waals surface area contributed by atoms with E-state index in [1.165, 1.54) is 135 Å². The molecule has 2 aromatic heterocycles. The van der Waals surface area contributed by atoms with Crippen LogP contribution in [0, 0.1) is 0 Å². The predicted octanol–water partition coefficient (Wildman–Crippen LogP) is 17.4. The number of hydrogen-bond donors (Lipinski definition) is 0. The molecule has 14 rings (SSSR count). The third kappa shape index (κ3) is 4.96. The summed E-state index contributed by atoms with van der Waals surface area (Å²) in [6, 6.07) is 79.5. The zero-order chi connectivity index (χ0) is 40.5. The lowest BCUT2D eigenvalue weighted by atomic mass is 9.90. The normalized spacial score (nSPS) is 12.2. The quantitative estimate of drug-likeness (QED) is 0.124. The van der Waals surface area contributed by atoms with E-state index in [0.29, 0.717) is 0 Å². The molecule has 0 bridgehead atoms. The van der Waals surface area contributed by atoms with Gasteiger partial charge in [0.25, 0.3) is 0 Å². The summed E-state index contributed by atoms with van der Waals surface area (Å²) in [5.74, 6) is 0. The Balaban J connectivity index is 0.980. The lowest BCUT2D eigenvalue weighted by Gasteiger charge is -2.15. The molecule has 14 aromatic rings. The molecule has 0 spiro atoms. The summed E-state index contributed by atoms with van der Waals surface area (Å²) in [5.41, 5.74) is 8.59. The average molecular weight is 802 g/mol. The van der Waals surface area contributed by atoms with Crippen LogP contribution in [0.1, 0.15) is 0 Å². The van der Waals surface area contributed by atoms with Crippen LogP contribution < -0.4 is 0 Å². The summed E-state index contributed by atoms with van der Waals surface area (Å²) in [5, 5.41) is 20.4. The van der Waals surface area contributed by atoms with E-state index in [0.717, 1.165) is 0 Å². The van der Waals surface area contributed by atoms with Gasteiger partial charge in [0.15, 0.2) is 0 Å². The Kier molecular flexibility index (Phi) is 7.05. The summed E-state index contributed by atoms with van der Waals surface area (Å²) >= 11 is 1.88. The first-order valence-electron chi connectivity index (χ1n) is 21.4. The second-order valence-corrected chi connectivity index (χ2v) is 17.9. The number of aromatic nitrogens is 1. The molecule has 286 valence electrons. The summed E-state index contributed by atoms with van der Waals surface area (Å²) < 4.78 is 5.13. The highest BCUT2D eigenvalue weighted by atomic mass is 32.1. The van der Waals surface area contributed by atoms with Crippen molar-refractivity contribution >= 4 is 118 Å². The Labute approximate surface area is 360 Å². The summed E-state index contributed by atoms with van der Waals surface area (Å²) in [6.45, 7) is 0. The number of rotatable bonds is 3. The van der Waals surface area contributed by atoms with E-state index in [-0.39, 0.29) is 0 Å². The van der Waals surface area contributed by atoms with E-state index < -0.39 is 0 Å². The van der Waals surface area contributed by atoms with Crippen LogP contribution in [0.3, 0.4) is 0 Å². The second kappa shape index (κ2) is 12.9. The zero-order valence-electron chi connectivity index (χ0n) is 33.6. The molecule has 0 amide bonds. The molecule has 0 aliphatic heterocycles. The van der Waals surface area contributed by atoms with E-state index in [9.17, 15) is 0 Å². The molecule has 0 N–H and O–H groups in total. The van der Waals surface area contributed by atoms with E-state index in [2.05, 4.69) is 217 Å². The van der Waals surface area contributed by atoms with Crippen LogP contribution in [0.25, 0.3) is 135 Å². The first-order chi connectivity index (χ1) is 30.7. The summed E-state index contributed by atoms with van der Waals surface area (Å²) in [7, 11) is 0. The molecule has 2 heterocycles. The highest BCUT2D eigenvalue weighted by Crippen LogP contribution is 2.45. The fourth-order valence-corrected chi connectivity index (χ4v) is 11.6. The molecule has 2 heteroatoms. The maximum Gasteiger partial charge on any atom is 0.0625 e. The topological polar surface area (TPSA) is 4.93 Å². The number of nitrogens with zero attached hydrogens (tertiary/aromatic N) is 1. The molecular formula is C60H35NS. The molecule has 1 nitrogen and oxygen atoms in total. The van der Waals surface area contributed by atoms with Crippen molar-refractivity contribution in [3.63, 3.8) is 0 Å². The Hall–Kier alpha value is -7.78. The van der Waals surface area contributed by atoms with Gasteiger partial charge in [-0.05, 0) is 154 Å². The van der Waals surface area contributed by atoms with Crippen LogP contribution in [0.4, 0.5) is 0 Å². The maximum absolute atomic E-state index is 2.51. The number of benzene rings is 12. The van der Waals surface area contributed by atoms with Gasteiger partial charge in [-0.1, -0.05) is 140 Å². The maximum atomic E-state index is 2.51. The molecule has 0 saturated heterocycles. The molecular weight excluding hydrogens is 767 g/mol.